The van der Waals surface area contributed by atoms with E-state index in [1.165, 1.54) is 19.2 Å². The molecule has 0 saturated heterocycles. The van der Waals surface area contributed by atoms with Gasteiger partial charge < -0.3 is 24.8 Å². The fourth-order valence-electron chi connectivity index (χ4n) is 1.24. The number of rotatable bonds is 6. The zero-order valence-electron chi connectivity index (χ0n) is 9.59. The van der Waals surface area contributed by atoms with Crippen molar-refractivity contribution in [2.24, 2.45) is 0 Å². The Morgan fingerprint density at radius 3 is 2.76 bits per heavy atom. The zero-order chi connectivity index (χ0) is 12.8. The average Bonchev–Trinajstić information content (AvgIpc) is 2.29. The number of phenolic OH excluding ortho intramolecular Hbond substituents is 1. The Bertz CT molecular complexity index is 388. The van der Waals surface area contributed by atoms with Gasteiger partial charge in [-0.2, -0.15) is 0 Å². The second-order valence-corrected chi connectivity index (χ2v) is 3.49. The Balaban J connectivity index is 2.73. The van der Waals surface area contributed by atoms with Gasteiger partial charge in [0.15, 0.2) is 6.29 Å². The first-order valence-electron chi connectivity index (χ1n) is 5.06. The molecule has 0 aliphatic heterocycles. The van der Waals surface area contributed by atoms with Crippen LogP contribution in [0.1, 0.15) is 12.0 Å². The molecule has 0 spiro atoms. The molecule has 5 heteroatoms. The summed E-state index contributed by atoms with van der Waals surface area (Å²) in [6.07, 6.45) is -0.880. The maximum absolute atomic E-state index is 9.31. The predicted octanol–water partition coefficient (Wildman–Crippen LogP) is 1.13. The van der Waals surface area contributed by atoms with Crippen molar-refractivity contribution in [1.82, 2.24) is 0 Å². The van der Waals surface area contributed by atoms with Crippen LogP contribution in [-0.4, -0.2) is 28.7 Å². The van der Waals surface area contributed by atoms with Crippen LogP contribution in [0.15, 0.2) is 30.5 Å². The van der Waals surface area contributed by atoms with Crippen LogP contribution in [0.4, 0.5) is 0 Å². The van der Waals surface area contributed by atoms with Crippen molar-refractivity contribution in [2.45, 2.75) is 19.3 Å². The van der Waals surface area contributed by atoms with Crippen LogP contribution < -0.4 is 4.74 Å². The van der Waals surface area contributed by atoms with Crippen LogP contribution in [-0.2, 0) is 11.3 Å². The van der Waals surface area contributed by atoms with E-state index < -0.39 is 6.29 Å². The largest absolute Gasteiger partial charge is 0.508 e. The summed E-state index contributed by atoms with van der Waals surface area (Å²) < 4.78 is 9.99. The minimum Gasteiger partial charge on any atom is -0.508 e. The van der Waals surface area contributed by atoms with Crippen molar-refractivity contribution in [1.29, 1.82) is 0 Å². The van der Waals surface area contributed by atoms with Crippen LogP contribution in [0, 0.1) is 0 Å². The third-order valence-corrected chi connectivity index (χ3v) is 2.15. The Morgan fingerprint density at radius 1 is 1.47 bits per heavy atom. The topological polar surface area (TPSA) is 79.2 Å². The van der Waals surface area contributed by atoms with Gasteiger partial charge in [-0.25, -0.2) is 0 Å². The number of aromatic hydroxyl groups is 1. The highest BCUT2D eigenvalue weighted by molar-refractivity contribution is 5.40. The van der Waals surface area contributed by atoms with Crippen LogP contribution >= 0.6 is 0 Å². The monoisotopic (exact) mass is 240 g/mol. The van der Waals surface area contributed by atoms with Gasteiger partial charge in [-0.05, 0) is 12.1 Å². The summed E-state index contributed by atoms with van der Waals surface area (Å²) in [5, 5.41) is 27.6. The number of phenols is 1. The number of hydrogen-bond acceptors (Lipinski definition) is 5. The Labute approximate surface area is 99.5 Å². The molecule has 17 heavy (non-hydrogen) atoms. The maximum atomic E-state index is 9.31. The van der Waals surface area contributed by atoms with E-state index in [-0.39, 0.29) is 24.5 Å². The lowest BCUT2D eigenvalue weighted by Gasteiger charge is -2.14. The summed E-state index contributed by atoms with van der Waals surface area (Å²) in [6, 6.07) is 4.37. The number of benzene rings is 1. The fourth-order valence-corrected chi connectivity index (χ4v) is 1.24. The summed E-state index contributed by atoms with van der Waals surface area (Å²) in [5.41, 5.74) is 0.524. The Hall–Kier alpha value is -1.56. The molecule has 1 aromatic carbocycles. The highest BCUT2D eigenvalue weighted by atomic mass is 16.6. The number of ether oxygens (including phenoxy) is 2. The number of methoxy groups -OCH3 is 1. The highest BCUT2D eigenvalue weighted by Gasteiger charge is 2.10. The number of aliphatic hydroxyl groups is 2. The Kier molecular flexibility index (Phi) is 4.96. The van der Waals surface area contributed by atoms with Crippen molar-refractivity contribution < 1.29 is 24.8 Å². The summed E-state index contributed by atoms with van der Waals surface area (Å²) in [7, 11) is 1.37. The van der Waals surface area contributed by atoms with E-state index in [9.17, 15) is 10.2 Å². The van der Waals surface area contributed by atoms with Gasteiger partial charge in [-0.15, -0.1) is 0 Å². The third-order valence-electron chi connectivity index (χ3n) is 2.15. The number of aliphatic hydroxyl groups excluding tert-OH is 2. The smallest absolute Gasteiger partial charge is 0.161 e. The highest BCUT2D eigenvalue weighted by Crippen LogP contribution is 2.26. The lowest BCUT2D eigenvalue weighted by Crippen LogP contribution is -2.12. The van der Waals surface area contributed by atoms with E-state index in [4.69, 9.17) is 9.84 Å². The average molecular weight is 240 g/mol. The zero-order valence-corrected chi connectivity index (χ0v) is 9.59. The lowest BCUT2D eigenvalue weighted by atomic mass is 10.2. The van der Waals surface area contributed by atoms with Gasteiger partial charge in [0.1, 0.15) is 17.3 Å². The first kappa shape index (κ1) is 13.5. The molecule has 0 bridgehead atoms. The molecular formula is C12H16O5. The summed E-state index contributed by atoms with van der Waals surface area (Å²) in [5.74, 6) is 0.609. The SMILES string of the molecule is C=C(CC(O)OC)Oc1cc(O)ccc1CO. The van der Waals surface area contributed by atoms with Gasteiger partial charge in [0.2, 0.25) is 0 Å². The van der Waals surface area contributed by atoms with Gasteiger partial charge >= 0.3 is 0 Å². The molecule has 1 rings (SSSR count). The molecule has 0 radical (unpaired) electrons. The van der Waals surface area contributed by atoms with E-state index in [2.05, 4.69) is 11.3 Å². The molecule has 94 valence electrons. The summed E-state index contributed by atoms with van der Waals surface area (Å²) in [6.45, 7) is 3.40. The predicted molar refractivity (Wildman–Crippen MR) is 61.4 cm³/mol. The molecule has 1 aromatic rings. The van der Waals surface area contributed by atoms with Crippen LogP contribution in [0.25, 0.3) is 0 Å². The van der Waals surface area contributed by atoms with Crippen molar-refractivity contribution in [2.75, 3.05) is 7.11 Å². The van der Waals surface area contributed by atoms with Gasteiger partial charge in [0.05, 0.1) is 13.0 Å². The van der Waals surface area contributed by atoms with E-state index in [1.807, 2.05) is 0 Å². The standard InChI is InChI=1S/C12H16O5/c1-8(5-12(15)16-2)17-11-6-10(14)4-3-9(11)7-13/h3-4,6,12-15H,1,5,7H2,2H3. The number of hydrogen-bond donors (Lipinski definition) is 3. The Morgan fingerprint density at radius 2 is 2.18 bits per heavy atom. The molecule has 0 aliphatic carbocycles. The summed E-state index contributed by atoms with van der Waals surface area (Å²) >= 11 is 0. The van der Waals surface area contributed by atoms with Gasteiger partial charge in [0, 0.05) is 18.7 Å². The van der Waals surface area contributed by atoms with Gasteiger partial charge in [-0.3, -0.25) is 0 Å². The lowest BCUT2D eigenvalue weighted by molar-refractivity contribution is -0.0760. The van der Waals surface area contributed by atoms with Crippen molar-refractivity contribution >= 4 is 0 Å². The van der Waals surface area contributed by atoms with Crippen molar-refractivity contribution in [3.8, 4) is 11.5 Å². The molecule has 0 heterocycles. The second-order valence-electron chi connectivity index (χ2n) is 3.49. The third kappa shape index (κ3) is 4.07. The molecule has 1 unspecified atom stereocenters. The molecule has 1 atom stereocenters. The van der Waals surface area contributed by atoms with Crippen LogP contribution in [0.3, 0.4) is 0 Å². The van der Waals surface area contributed by atoms with E-state index >= 15 is 0 Å². The van der Waals surface area contributed by atoms with Gasteiger partial charge in [0.25, 0.3) is 0 Å². The van der Waals surface area contributed by atoms with Crippen LogP contribution in [0.2, 0.25) is 0 Å². The minimum absolute atomic E-state index is 0.0253. The maximum Gasteiger partial charge on any atom is 0.161 e. The fraction of sp³-hybridized carbons (Fsp3) is 0.333. The molecule has 0 amide bonds. The molecule has 0 aromatic heterocycles. The van der Waals surface area contributed by atoms with E-state index in [0.717, 1.165) is 0 Å². The normalized spacial score (nSPS) is 12.2. The van der Waals surface area contributed by atoms with Crippen molar-refractivity contribution in [3.63, 3.8) is 0 Å². The quantitative estimate of drug-likeness (QED) is 0.513. The summed E-state index contributed by atoms with van der Waals surface area (Å²) in [4.78, 5) is 0. The molecule has 0 saturated carbocycles. The van der Waals surface area contributed by atoms with Gasteiger partial charge in [-0.1, -0.05) is 6.58 Å². The first-order chi connectivity index (χ1) is 8.06. The minimum atomic E-state index is -0.989. The molecule has 0 aliphatic rings. The van der Waals surface area contributed by atoms with Crippen LogP contribution in [0.5, 0.6) is 11.5 Å². The van der Waals surface area contributed by atoms with E-state index in [0.29, 0.717) is 11.3 Å². The van der Waals surface area contributed by atoms with E-state index in [1.54, 1.807) is 6.07 Å². The second kappa shape index (κ2) is 6.24. The molecule has 0 fully saturated rings. The first-order valence-corrected chi connectivity index (χ1v) is 5.06. The van der Waals surface area contributed by atoms with Crippen molar-refractivity contribution in [3.05, 3.63) is 36.1 Å². The molecule has 5 nitrogen and oxygen atoms in total. The molecular weight excluding hydrogens is 224 g/mol. The molecule has 3 N–H and O–H groups in total.